The van der Waals surface area contributed by atoms with E-state index < -0.39 is 0 Å². The lowest BCUT2D eigenvalue weighted by molar-refractivity contribution is 0.102. The van der Waals surface area contributed by atoms with Crippen LogP contribution in [0.5, 0.6) is 0 Å². The third-order valence-corrected chi connectivity index (χ3v) is 4.78. The van der Waals surface area contributed by atoms with Crippen LogP contribution in [0.3, 0.4) is 0 Å². The van der Waals surface area contributed by atoms with Crippen LogP contribution in [0.1, 0.15) is 15.9 Å². The van der Waals surface area contributed by atoms with Crippen molar-refractivity contribution in [3.63, 3.8) is 0 Å². The summed E-state index contributed by atoms with van der Waals surface area (Å²) in [5, 5.41) is 2.91. The first-order valence-electron chi connectivity index (χ1n) is 8.74. The molecule has 0 spiro atoms. The van der Waals surface area contributed by atoms with Crippen LogP contribution in [0, 0.1) is 6.92 Å². The number of carbonyl (C=O) groups is 1. The van der Waals surface area contributed by atoms with Crippen LogP contribution in [0.4, 0.5) is 11.6 Å². The number of hydrogen-bond acceptors (Lipinski definition) is 5. The van der Waals surface area contributed by atoms with Crippen LogP contribution < -0.4 is 10.2 Å². The highest BCUT2D eigenvalue weighted by molar-refractivity contribution is 6.03. The molecule has 3 aromatic rings. The molecule has 0 atom stereocenters. The van der Waals surface area contributed by atoms with Gasteiger partial charge in [-0.15, -0.1) is 0 Å². The number of aromatic nitrogens is 3. The van der Waals surface area contributed by atoms with Gasteiger partial charge in [0, 0.05) is 32.4 Å². The van der Waals surface area contributed by atoms with Crippen molar-refractivity contribution in [1.29, 1.82) is 0 Å². The third-order valence-electron chi connectivity index (χ3n) is 4.78. The standard InChI is InChI=1S/C19H22N6O/c1-14-3-6-17(21-18(14)24-9-7-23(2)8-10-24)22-19(26)15-4-5-16-11-20-13-25(16)12-15/h3-6,11-13H,7-10H2,1-2H3,(H,21,22,26). The number of hydrogen-bond donors (Lipinski definition) is 1. The number of anilines is 2. The molecular formula is C19H22N6O. The van der Waals surface area contributed by atoms with Crippen LogP contribution in [-0.2, 0) is 0 Å². The maximum atomic E-state index is 12.6. The number of aryl methyl sites for hydroxylation is 1. The zero-order valence-corrected chi connectivity index (χ0v) is 15.0. The van der Waals surface area contributed by atoms with E-state index in [4.69, 9.17) is 4.98 Å². The SMILES string of the molecule is Cc1ccc(NC(=O)c2ccc3cncn3c2)nc1N1CCN(C)CC1. The Bertz CT molecular complexity index is 942. The minimum absolute atomic E-state index is 0.179. The van der Waals surface area contributed by atoms with Crippen LogP contribution in [0.2, 0.25) is 0 Å². The fraction of sp³-hybridized carbons (Fsp3) is 0.316. The summed E-state index contributed by atoms with van der Waals surface area (Å²) in [6.45, 7) is 5.97. The van der Waals surface area contributed by atoms with Crippen LogP contribution >= 0.6 is 0 Å². The summed E-state index contributed by atoms with van der Waals surface area (Å²) >= 11 is 0. The summed E-state index contributed by atoms with van der Waals surface area (Å²) < 4.78 is 1.83. The van der Waals surface area contributed by atoms with Crippen molar-refractivity contribution in [2.75, 3.05) is 43.4 Å². The average molecular weight is 350 g/mol. The molecule has 26 heavy (non-hydrogen) atoms. The number of likely N-dealkylation sites (N-methyl/N-ethyl adjacent to an activating group) is 1. The lowest BCUT2D eigenvalue weighted by atomic mass is 10.2. The van der Waals surface area contributed by atoms with Crippen molar-refractivity contribution >= 4 is 23.1 Å². The molecule has 4 heterocycles. The molecule has 7 heteroatoms. The fourth-order valence-corrected chi connectivity index (χ4v) is 3.17. The minimum atomic E-state index is -0.179. The molecule has 1 N–H and O–H groups in total. The first-order chi connectivity index (χ1) is 12.6. The quantitative estimate of drug-likeness (QED) is 0.783. The second kappa shape index (κ2) is 6.76. The summed E-state index contributed by atoms with van der Waals surface area (Å²) in [4.78, 5) is 25.9. The number of nitrogens with zero attached hydrogens (tertiary/aromatic N) is 5. The molecule has 0 unspecified atom stereocenters. The maximum Gasteiger partial charge on any atom is 0.258 e. The van der Waals surface area contributed by atoms with Crippen molar-refractivity contribution in [3.8, 4) is 0 Å². The number of rotatable bonds is 3. The molecule has 7 nitrogen and oxygen atoms in total. The number of imidazole rings is 1. The van der Waals surface area contributed by atoms with Crippen molar-refractivity contribution in [2.45, 2.75) is 6.92 Å². The van der Waals surface area contributed by atoms with Gasteiger partial charge in [0.1, 0.15) is 11.6 Å². The predicted molar refractivity (Wildman–Crippen MR) is 102 cm³/mol. The molecule has 0 bridgehead atoms. The Balaban J connectivity index is 1.54. The molecule has 3 aromatic heterocycles. The van der Waals surface area contributed by atoms with E-state index in [-0.39, 0.29) is 5.91 Å². The van der Waals surface area contributed by atoms with E-state index in [9.17, 15) is 4.79 Å². The highest BCUT2D eigenvalue weighted by Crippen LogP contribution is 2.21. The maximum absolute atomic E-state index is 12.6. The zero-order valence-electron chi connectivity index (χ0n) is 15.0. The van der Waals surface area contributed by atoms with Crippen LogP contribution in [0.25, 0.3) is 5.52 Å². The monoisotopic (exact) mass is 350 g/mol. The van der Waals surface area contributed by atoms with Crippen LogP contribution in [0.15, 0.2) is 43.0 Å². The van der Waals surface area contributed by atoms with Gasteiger partial charge in [-0.3, -0.25) is 4.79 Å². The fourth-order valence-electron chi connectivity index (χ4n) is 3.17. The highest BCUT2D eigenvalue weighted by Gasteiger charge is 2.18. The van der Waals surface area contributed by atoms with Crippen molar-refractivity contribution in [1.82, 2.24) is 19.3 Å². The summed E-state index contributed by atoms with van der Waals surface area (Å²) in [7, 11) is 2.13. The van der Waals surface area contributed by atoms with E-state index in [0.29, 0.717) is 11.4 Å². The molecule has 1 aliphatic heterocycles. The Morgan fingerprint density at radius 3 is 2.73 bits per heavy atom. The van der Waals surface area contributed by atoms with E-state index in [1.807, 2.05) is 22.6 Å². The Labute approximate surface area is 152 Å². The molecule has 4 rings (SSSR count). The molecule has 1 saturated heterocycles. The summed E-state index contributed by atoms with van der Waals surface area (Å²) in [5.74, 6) is 1.34. The normalized spacial score (nSPS) is 15.4. The molecule has 0 saturated carbocycles. The van der Waals surface area contributed by atoms with E-state index in [1.54, 1.807) is 24.8 Å². The highest BCUT2D eigenvalue weighted by atomic mass is 16.1. The smallest absolute Gasteiger partial charge is 0.258 e. The van der Waals surface area contributed by atoms with Gasteiger partial charge in [0.15, 0.2) is 0 Å². The van der Waals surface area contributed by atoms with Crippen molar-refractivity contribution in [2.24, 2.45) is 0 Å². The lowest BCUT2D eigenvalue weighted by Crippen LogP contribution is -2.45. The largest absolute Gasteiger partial charge is 0.354 e. The molecule has 1 amide bonds. The van der Waals surface area contributed by atoms with Crippen molar-refractivity contribution < 1.29 is 4.79 Å². The van der Waals surface area contributed by atoms with Gasteiger partial charge in [0.2, 0.25) is 0 Å². The Kier molecular flexibility index (Phi) is 4.30. The number of pyridine rings is 2. The number of nitrogens with one attached hydrogen (secondary N) is 1. The number of amides is 1. The Morgan fingerprint density at radius 2 is 1.92 bits per heavy atom. The topological polar surface area (TPSA) is 65.8 Å². The molecule has 1 fully saturated rings. The molecule has 1 aliphatic rings. The first-order valence-corrected chi connectivity index (χ1v) is 8.74. The number of carbonyl (C=O) groups excluding carboxylic acids is 1. The Morgan fingerprint density at radius 1 is 1.12 bits per heavy atom. The van der Waals surface area contributed by atoms with Gasteiger partial charge in [-0.05, 0) is 37.7 Å². The zero-order chi connectivity index (χ0) is 18.1. The summed E-state index contributed by atoms with van der Waals surface area (Å²) in [6.07, 6.45) is 5.21. The van der Waals surface area contributed by atoms with Gasteiger partial charge >= 0.3 is 0 Å². The van der Waals surface area contributed by atoms with Gasteiger partial charge in [-0.25, -0.2) is 9.97 Å². The molecular weight excluding hydrogens is 328 g/mol. The van der Waals surface area contributed by atoms with Gasteiger partial charge in [0.05, 0.1) is 23.6 Å². The molecule has 0 radical (unpaired) electrons. The molecule has 134 valence electrons. The van der Waals surface area contributed by atoms with E-state index >= 15 is 0 Å². The van der Waals surface area contributed by atoms with E-state index in [0.717, 1.165) is 43.1 Å². The molecule has 0 aliphatic carbocycles. The Hall–Kier alpha value is -2.93. The predicted octanol–water partition coefficient (Wildman–Crippen LogP) is 2.04. The summed E-state index contributed by atoms with van der Waals surface area (Å²) in [5.41, 5.74) is 2.64. The lowest BCUT2D eigenvalue weighted by Gasteiger charge is -2.34. The number of fused-ring (bicyclic) bond motifs is 1. The first kappa shape index (κ1) is 16.5. The van der Waals surface area contributed by atoms with Gasteiger partial charge in [0.25, 0.3) is 5.91 Å². The van der Waals surface area contributed by atoms with E-state index in [2.05, 4.69) is 34.1 Å². The van der Waals surface area contributed by atoms with Gasteiger partial charge in [-0.2, -0.15) is 0 Å². The van der Waals surface area contributed by atoms with Crippen LogP contribution in [-0.4, -0.2) is 58.4 Å². The second-order valence-electron chi connectivity index (χ2n) is 6.72. The van der Waals surface area contributed by atoms with Gasteiger partial charge < -0.3 is 19.5 Å². The van der Waals surface area contributed by atoms with E-state index in [1.165, 1.54) is 0 Å². The second-order valence-corrected chi connectivity index (χ2v) is 6.72. The average Bonchev–Trinajstić information content (AvgIpc) is 3.12. The van der Waals surface area contributed by atoms with Crippen molar-refractivity contribution in [3.05, 3.63) is 54.1 Å². The summed E-state index contributed by atoms with van der Waals surface area (Å²) in [6, 6.07) is 7.53. The minimum Gasteiger partial charge on any atom is -0.354 e. The number of piperazine rings is 1. The van der Waals surface area contributed by atoms with Gasteiger partial charge in [-0.1, -0.05) is 6.07 Å². The third kappa shape index (κ3) is 3.25. The molecule has 0 aromatic carbocycles.